The van der Waals surface area contributed by atoms with Crippen LogP contribution in [0.2, 0.25) is 0 Å². The lowest BCUT2D eigenvalue weighted by Crippen LogP contribution is -2.50. The van der Waals surface area contributed by atoms with Crippen molar-refractivity contribution in [1.82, 2.24) is 14.8 Å². The Hall–Kier alpha value is -2.98. The summed E-state index contributed by atoms with van der Waals surface area (Å²) in [6.45, 7) is 5.45. The molecule has 1 fully saturated rings. The fraction of sp³-hybridized carbons (Fsp3) is 0.333. The molecule has 0 N–H and O–H groups in total. The highest BCUT2D eigenvalue weighted by atomic mass is 16.2. The van der Waals surface area contributed by atoms with Gasteiger partial charge in [0.1, 0.15) is 0 Å². The largest absolute Gasteiger partial charge is 0.340 e. The Morgan fingerprint density at radius 3 is 2.52 bits per heavy atom. The van der Waals surface area contributed by atoms with Crippen LogP contribution in [0.3, 0.4) is 0 Å². The van der Waals surface area contributed by atoms with Gasteiger partial charge in [-0.25, -0.2) is 0 Å². The molecule has 1 unspecified atom stereocenters. The van der Waals surface area contributed by atoms with Crippen LogP contribution in [-0.2, 0) is 24.1 Å². The van der Waals surface area contributed by atoms with Crippen molar-refractivity contribution >= 4 is 5.91 Å². The van der Waals surface area contributed by atoms with Crippen molar-refractivity contribution in [3.05, 3.63) is 100 Å². The summed E-state index contributed by atoms with van der Waals surface area (Å²) in [5.74, 6) is 0.223. The molecule has 3 aromatic rings. The Balaban J connectivity index is 1.37. The van der Waals surface area contributed by atoms with Gasteiger partial charge in [0.15, 0.2) is 0 Å². The van der Waals surface area contributed by atoms with Gasteiger partial charge < -0.3 is 4.90 Å². The number of nitrogens with zero attached hydrogens (tertiary/aromatic N) is 3. The monoisotopic (exact) mass is 411 g/mol. The van der Waals surface area contributed by atoms with Gasteiger partial charge in [0.2, 0.25) is 5.91 Å². The number of carbonyl (C=O) groups excluding carboxylic acids is 1. The molecule has 4 heteroatoms. The van der Waals surface area contributed by atoms with Gasteiger partial charge in [-0.1, -0.05) is 60.2 Å². The standard InChI is InChI=1S/C27H29N3O/c1-20-9-12-24-23(18-20)11-10-22-8-5-13-28-26(22)27(24)30-16-14-29(15-17-30)25(31)19-21-6-3-2-4-7-21/h2-9,12-13,18,27H,10-11,14-17,19H2,1H3. The summed E-state index contributed by atoms with van der Waals surface area (Å²) in [6.07, 6.45) is 4.49. The van der Waals surface area contributed by atoms with Crippen LogP contribution in [0.1, 0.15) is 39.6 Å². The predicted molar refractivity (Wildman–Crippen MR) is 123 cm³/mol. The van der Waals surface area contributed by atoms with Crippen LogP contribution in [0.5, 0.6) is 0 Å². The van der Waals surface area contributed by atoms with E-state index in [4.69, 9.17) is 4.98 Å². The Bertz CT molecular complexity index is 1070. The molecule has 1 amide bonds. The molecule has 158 valence electrons. The van der Waals surface area contributed by atoms with Crippen LogP contribution < -0.4 is 0 Å². The van der Waals surface area contributed by atoms with Gasteiger partial charge in [-0.05, 0) is 48.1 Å². The lowest BCUT2D eigenvalue weighted by atomic mass is 9.94. The number of amides is 1. The van der Waals surface area contributed by atoms with Gasteiger partial charge >= 0.3 is 0 Å². The molecule has 31 heavy (non-hydrogen) atoms. The zero-order chi connectivity index (χ0) is 21.2. The van der Waals surface area contributed by atoms with Gasteiger partial charge in [-0.15, -0.1) is 0 Å². The Morgan fingerprint density at radius 2 is 1.71 bits per heavy atom. The van der Waals surface area contributed by atoms with Crippen molar-refractivity contribution in [2.45, 2.75) is 32.2 Å². The fourth-order valence-corrected chi connectivity index (χ4v) is 5.02. The Kier molecular flexibility index (Phi) is 5.56. The van der Waals surface area contributed by atoms with E-state index in [9.17, 15) is 4.79 Å². The first-order chi connectivity index (χ1) is 15.2. The minimum absolute atomic E-state index is 0.167. The number of hydrogen-bond donors (Lipinski definition) is 0. The summed E-state index contributed by atoms with van der Waals surface area (Å²) in [7, 11) is 0. The van der Waals surface area contributed by atoms with E-state index >= 15 is 0 Å². The van der Waals surface area contributed by atoms with E-state index in [0.717, 1.165) is 44.6 Å². The van der Waals surface area contributed by atoms with Gasteiger partial charge in [0.25, 0.3) is 0 Å². The number of carbonyl (C=O) groups is 1. The van der Waals surface area contributed by atoms with Crippen LogP contribution in [0.25, 0.3) is 0 Å². The highest BCUT2D eigenvalue weighted by Crippen LogP contribution is 2.36. The maximum Gasteiger partial charge on any atom is 0.227 e. The van der Waals surface area contributed by atoms with Crippen LogP contribution in [0.4, 0.5) is 0 Å². The van der Waals surface area contributed by atoms with Crippen molar-refractivity contribution in [3.63, 3.8) is 0 Å². The van der Waals surface area contributed by atoms with Crippen LogP contribution >= 0.6 is 0 Å². The summed E-state index contributed by atoms with van der Waals surface area (Å²) in [6, 6.07) is 21.4. The van der Waals surface area contributed by atoms with Gasteiger partial charge in [0, 0.05) is 32.4 Å². The topological polar surface area (TPSA) is 36.4 Å². The average Bonchev–Trinajstić information content (AvgIpc) is 2.96. The molecule has 4 nitrogen and oxygen atoms in total. The lowest BCUT2D eigenvalue weighted by molar-refractivity contribution is -0.132. The Labute approximate surface area is 184 Å². The van der Waals surface area contributed by atoms with Crippen LogP contribution in [0.15, 0.2) is 66.9 Å². The summed E-state index contributed by atoms with van der Waals surface area (Å²) in [5.41, 5.74) is 7.75. The second kappa shape index (κ2) is 8.64. The lowest BCUT2D eigenvalue weighted by Gasteiger charge is -2.40. The summed E-state index contributed by atoms with van der Waals surface area (Å²) >= 11 is 0. The molecule has 0 spiro atoms. The molecule has 0 bridgehead atoms. The second-order valence-corrected chi connectivity index (χ2v) is 8.73. The molecule has 1 atom stereocenters. The third kappa shape index (κ3) is 4.13. The first kappa shape index (κ1) is 20.0. The van der Waals surface area contributed by atoms with Crippen molar-refractivity contribution in [3.8, 4) is 0 Å². The molecule has 0 radical (unpaired) electrons. The number of aryl methyl sites for hydroxylation is 3. The zero-order valence-electron chi connectivity index (χ0n) is 18.1. The SMILES string of the molecule is Cc1ccc2c(c1)CCc1cccnc1C2N1CCN(C(=O)Cc2ccccc2)CC1. The minimum atomic E-state index is 0.167. The molecule has 5 rings (SSSR count). The summed E-state index contributed by atoms with van der Waals surface area (Å²) in [4.78, 5) is 22.2. The zero-order valence-corrected chi connectivity index (χ0v) is 18.1. The van der Waals surface area contributed by atoms with Gasteiger partial charge in [0.05, 0.1) is 18.2 Å². The number of benzene rings is 2. The molecule has 1 aromatic heterocycles. The van der Waals surface area contributed by atoms with E-state index in [1.54, 1.807) is 0 Å². The van der Waals surface area contributed by atoms with E-state index in [0.29, 0.717) is 6.42 Å². The van der Waals surface area contributed by atoms with E-state index in [1.165, 1.54) is 27.9 Å². The number of fused-ring (bicyclic) bond motifs is 2. The predicted octanol–water partition coefficient (Wildman–Crippen LogP) is 3.96. The molecule has 1 aliphatic carbocycles. The van der Waals surface area contributed by atoms with Crippen molar-refractivity contribution in [2.24, 2.45) is 0 Å². The highest BCUT2D eigenvalue weighted by Gasteiger charge is 2.32. The molecule has 0 saturated carbocycles. The van der Waals surface area contributed by atoms with E-state index in [1.807, 2.05) is 41.4 Å². The van der Waals surface area contributed by atoms with E-state index < -0.39 is 0 Å². The first-order valence-corrected chi connectivity index (χ1v) is 11.3. The maximum absolute atomic E-state index is 12.8. The molecule has 2 aromatic carbocycles. The Morgan fingerprint density at radius 1 is 0.935 bits per heavy atom. The minimum Gasteiger partial charge on any atom is -0.340 e. The van der Waals surface area contributed by atoms with Gasteiger partial charge in [-0.2, -0.15) is 0 Å². The average molecular weight is 412 g/mol. The summed E-state index contributed by atoms with van der Waals surface area (Å²) in [5, 5.41) is 0. The van der Waals surface area contributed by atoms with Crippen molar-refractivity contribution in [1.29, 1.82) is 0 Å². The van der Waals surface area contributed by atoms with E-state index in [2.05, 4.69) is 42.2 Å². The maximum atomic E-state index is 12.8. The third-order valence-corrected chi connectivity index (χ3v) is 6.67. The number of rotatable bonds is 3. The number of piperazine rings is 1. The molecule has 2 aliphatic rings. The van der Waals surface area contributed by atoms with Gasteiger partial charge in [-0.3, -0.25) is 14.7 Å². The van der Waals surface area contributed by atoms with Crippen LogP contribution in [-0.4, -0.2) is 46.9 Å². The number of aromatic nitrogens is 1. The molecule has 1 aliphatic heterocycles. The number of hydrogen-bond acceptors (Lipinski definition) is 3. The first-order valence-electron chi connectivity index (χ1n) is 11.3. The third-order valence-electron chi connectivity index (χ3n) is 6.67. The molecular weight excluding hydrogens is 382 g/mol. The molecular formula is C27H29N3O. The molecule has 1 saturated heterocycles. The van der Waals surface area contributed by atoms with Crippen LogP contribution in [0, 0.1) is 6.92 Å². The van der Waals surface area contributed by atoms with Crippen molar-refractivity contribution < 1.29 is 4.79 Å². The van der Waals surface area contributed by atoms with E-state index in [-0.39, 0.29) is 11.9 Å². The highest BCUT2D eigenvalue weighted by molar-refractivity contribution is 5.78. The smallest absolute Gasteiger partial charge is 0.227 e. The molecule has 2 heterocycles. The van der Waals surface area contributed by atoms with Crippen molar-refractivity contribution in [2.75, 3.05) is 26.2 Å². The number of pyridine rings is 1. The second-order valence-electron chi connectivity index (χ2n) is 8.73. The quantitative estimate of drug-likeness (QED) is 0.654. The normalized spacial score (nSPS) is 18.7. The summed E-state index contributed by atoms with van der Waals surface area (Å²) < 4.78 is 0. The fourth-order valence-electron chi connectivity index (χ4n) is 5.02.